The van der Waals surface area contributed by atoms with Crippen LogP contribution in [0.1, 0.15) is 29.8 Å². The number of carboxylic acid groups (broad SMARTS) is 1. The molecule has 0 aliphatic heterocycles. The summed E-state index contributed by atoms with van der Waals surface area (Å²) >= 11 is 0. The van der Waals surface area contributed by atoms with Crippen molar-refractivity contribution < 1.29 is 14.7 Å². The first kappa shape index (κ1) is 13.7. The zero-order valence-electron chi connectivity index (χ0n) is 10.2. The Hall–Kier alpha value is -2.35. The Labute approximate surface area is 105 Å². The van der Waals surface area contributed by atoms with E-state index in [1.54, 1.807) is 13.8 Å². The van der Waals surface area contributed by atoms with Crippen molar-refractivity contribution in [2.24, 2.45) is 5.92 Å². The minimum absolute atomic E-state index is 0.204. The van der Waals surface area contributed by atoms with Crippen molar-refractivity contribution in [2.45, 2.75) is 19.9 Å². The van der Waals surface area contributed by atoms with E-state index in [-0.39, 0.29) is 5.92 Å². The van der Waals surface area contributed by atoms with Gasteiger partial charge in [0.25, 0.3) is 5.91 Å². The summed E-state index contributed by atoms with van der Waals surface area (Å²) in [7, 11) is 0. The first-order chi connectivity index (χ1) is 8.45. The summed E-state index contributed by atoms with van der Waals surface area (Å²) in [4.78, 5) is 22.8. The highest BCUT2D eigenvalue weighted by atomic mass is 16.4. The molecule has 0 aliphatic rings. The van der Waals surface area contributed by atoms with Gasteiger partial charge in [-0.2, -0.15) is 5.26 Å². The molecule has 1 rings (SSSR count). The van der Waals surface area contributed by atoms with Gasteiger partial charge in [0.2, 0.25) is 0 Å². The molecule has 0 bridgehead atoms. The predicted molar refractivity (Wildman–Crippen MR) is 64.9 cm³/mol. The van der Waals surface area contributed by atoms with E-state index in [1.807, 2.05) is 6.07 Å². The van der Waals surface area contributed by atoms with Crippen molar-refractivity contribution in [2.75, 3.05) is 0 Å². The van der Waals surface area contributed by atoms with Crippen LogP contribution in [0.15, 0.2) is 24.3 Å². The second-order valence-corrected chi connectivity index (χ2v) is 4.22. The molecule has 0 spiro atoms. The van der Waals surface area contributed by atoms with Gasteiger partial charge in [0.05, 0.1) is 11.6 Å². The van der Waals surface area contributed by atoms with Crippen LogP contribution in [0.2, 0.25) is 0 Å². The second-order valence-electron chi connectivity index (χ2n) is 4.22. The fourth-order valence-corrected chi connectivity index (χ4v) is 1.43. The highest BCUT2D eigenvalue weighted by Crippen LogP contribution is 2.06. The monoisotopic (exact) mass is 246 g/mol. The summed E-state index contributed by atoms with van der Waals surface area (Å²) in [5.74, 6) is -1.72. The molecule has 1 amide bonds. The zero-order valence-corrected chi connectivity index (χ0v) is 10.2. The van der Waals surface area contributed by atoms with E-state index in [2.05, 4.69) is 5.32 Å². The largest absolute Gasteiger partial charge is 0.480 e. The molecule has 1 atom stereocenters. The van der Waals surface area contributed by atoms with Crippen LogP contribution >= 0.6 is 0 Å². The number of hydrogen-bond donors (Lipinski definition) is 2. The number of carboxylic acids is 1. The minimum atomic E-state index is -1.06. The molecule has 0 heterocycles. The molecular formula is C13H14N2O3. The highest BCUT2D eigenvalue weighted by molar-refractivity contribution is 5.96. The van der Waals surface area contributed by atoms with Crippen molar-refractivity contribution in [3.63, 3.8) is 0 Å². The molecule has 5 nitrogen and oxygen atoms in total. The van der Waals surface area contributed by atoms with Crippen LogP contribution in [-0.2, 0) is 4.79 Å². The van der Waals surface area contributed by atoms with E-state index in [4.69, 9.17) is 10.4 Å². The maximum absolute atomic E-state index is 11.8. The Kier molecular flexibility index (Phi) is 4.44. The lowest BCUT2D eigenvalue weighted by molar-refractivity contribution is -0.140. The molecule has 0 fully saturated rings. The van der Waals surface area contributed by atoms with Crippen molar-refractivity contribution in [3.8, 4) is 6.07 Å². The smallest absolute Gasteiger partial charge is 0.326 e. The first-order valence-corrected chi connectivity index (χ1v) is 5.49. The van der Waals surface area contributed by atoms with Crippen molar-refractivity contribution in [3.05, 3.63) is 35.4 Å². The molecule has 5 heteroatoms. The van der Waals surface area contributed by atoms with E-state index in [9.17, 15) is 9.59 Å². The lowest BCUT2D eigenvalue weighted by Crippen LogP contribution is -2.44. The SMILES string of the molecule is CC(C)[C@@H](NC(=O)c1ccc(C#N)cc1)C(=O)O. The van der Waals surface area contributed by atoms with Crippen LogP contribution in [0.4, 0.5) is 0 Å². The molecular weight excluding hydrogens is 232 g/mol. The topological polar surface area (TPSA) is 90.2 Å². The number of nitrogens with one attached hydrogen (secondary N) is 1. The number of amides is 1. The van der Waals surface area contributed by atoms with Gasteiger partial charge >= 0.3 is 5.97 Å². The molecule has 0 aromatic heterocycles. The number of nitrogens with zero attached hydrogens (tertiary/aromatic N) is 1. The predicted octanol–water partition coefficient (Wildman–Crippen LogP) is 1.40. The summed E-state index contributed by atoms with van der Waals surface area (Å²) in [6.07, 6.45) is 0. The Morgan fingerprint density at radius 1 is 1.28 bits per heavy atom. The van der Waals surface area contributed by atoms with Gasteiger partial charge in [-0.15, -0.1) is 0 Å². The normalized spacial score (nSPS) is 11.7. The second kappa shape index (κ2) is 5.82. The van der Waals surface area contributed by atoms with Crippen molar-refractivity contribution >= 4 is 11.9 Å². The molecule has 1 aromatic rings. The van der Waals surface area contributed by atoms with Crippen LogP contribution in [-0.4, -0.2) is 23.0 Å². The number of rotatable bonds is 4. The summed E-state index contributed by atoms with van der Waals surface area (Å²) in [5, 5.41) is 20.0. The van der Waals surface area contributed by atoms with Gasteiger partial charge in [0.1, 0.15) is 6.04 Å². The third-order valence-corrected chi connectivity index (χ3v) is 2.50. The standard InChI is InChI=1S/C13H14N2O3/c1-8(2)11(13(17)18)15-12(16)10-5-3-9(7-14)4-6-10/h3-6,8,11H,1-2H3,(H,15,16)(H,17,18)/t11-/m1/s1. The molecule has 1 aromatic carbocycles. The van der Waals surface area contributed by atoms with Crippen molar-refractivity contribution in [1.29, 1.82) is 5.26 Å². The van der Waals surface area contributed by atoms with Crippen LogP contribution in [0.25, 0.3) is 0 Å². The minimum Gasteiger partial charge on any atom is -0.480 e. The summed E-state index contributed by atoms with van der Waals surface area (Å²) in [6.45, 7) is 3.44. The Bertz CT molecular complexity index is 486. The van der Waals surface area contributed by atoms with Crippen LogP contribution in [0.3, 0.4) is 0 Å². The molecule has 0 unspecified atom stereocenters. The number of benzene rings is 1. The maximum Gasteiger partial charge on any atom is 0.326 e. The van der Waals surface area contributed by atoms with E-state index < -0.39 is 17.9 Å². The summed E-state index contributed by atoms with van der Waals surface area (Å²) < 4.78 is 0. The number of nitriles is 1. The molecule has 0 aliphatic carbocycles. The third-order valence-electron chi connectivity index (χ3n) is 2.50. The molecule has 2 N–H and O–H groups in total. The number of carbonyl (C=O) groups excluding carboxylic acids is 1. The quantitative estimate of drug-likeness (QED) is 0.840. The zero-order chi connectivity index (χ0) is 13.7. The van der Waals surface area contributed by atoms with E-state index in [1.165, 1.54) is 24.3 Å². The maximum atomic E-state index is 11.8. The van der Waals surface area contributed by atoms with Crippen LogP contribution in [0.5, 0.6) is 0 Å². The number of carbonyl (C=O) groups is 2. The number of aliphatic carboxylic acids is 1. The Morgan fingerprint density at radius 3 is 2.22 bits per heavy atom. The summed E-state index contributed by atoms with van der Waals surface area (Å²) in [5.41, 5.74) is 0.783. The van der Waals surface area contributed by atoms with E-state index >= 15 is 0 Å². The average Bonchev–Trinajstić information content (AvgIpc) is 2.35. The molecule has 0 radical (unpaired) electrons. The fourth-order valence-electron chi connectivity index (χ4n) is 1.43. The molecule has 94 valence electrons. The van der Waals surface area contributed by atoms with Gasteiger partial charge in [-0.25, -0.2) is 4.79 Å². The molecule has 18 heavy (non-hydrogen) atoms. The van der Waals surface area contributed by atoms with Crippen molar-refractivity contribution in [1.82, 2.24) is 5.32 Å². The Morgan fingerprint density at radius 2 is 1.83 bits per heavy atom. The van der Waals surface area contributed by atoms with E-state index in [0.29, 0.717) is 11.1 Å². The lowest BCUT2D eigenvalue weighted by atomic mass is 10.0. The van der Waals surface area contributed by atoms with Gasteiger partial charge in [-0.1, -0.05) is 13.8 Å². The van der Waals surface area contributed by atoms with Gasteiger partial charge < -0.3 is 10.4 Å². The fraction of sp³-hybridized carbons (Fsp3) is 0.308. The van der Waals surface area contributed by atoms with Crippen LogP contribution < -0.4 is 5.32 Å². The van der Waals surface area contributed by atoms with E-state index in [0.717, 1.165) is 0 Å². The highest BCUT2D eigenvalue weighted by Gasteiger charge is 2.23. The lowest BCUT2D eigenvalue weighted by Gasteiger charge is -2.17. The van der Waals surface area contributed by atoms with Gasteiger partial charge in [-0.05, 0) is 30.2 Å². The summed E-state index contributed by atoms with van der Waals surface area (Å²) in [6, 6.07) is 7.04. The first-order valence-electron chi connectivity index (χ1n) is 5.49. The number of hydrogen-bond acceptors (Lipinski definition) is 3. The molecule has 0 saturated heterocycles. The van der Waals surface area contributed by atoms with Gasteiger partial charge in [0, 0.05) is 5.56 Å². The van der Waals surface area contributed by atoms with Gasteiger partial charge in [0.15, 0.2) is 0 Å². The van der Waals surface area contributed by atoms with Gasteiger partial charge in [-0.3, -0.25) is 4.79 Å². The third kappa shape index (κ3) is 3.32. The Balaban J connectivity index is 2.81. The molecule has 0 saturated carbocycles. The van der Waals surface area contributed by atoms with Crippen LogP contribution in [0, 0.1) is 17.2 Å². The average molecular weight is 246 g/mol.